The maximum atomic E-state index is 4.52. The summed E-state index contributed by atoms with van der Waals surface area (Å²) in [6.07, 6.45) is 6.94. The topological polar surface area (TPSA) is 16.1 Å². The molecule has 0 radical (unpaired) electrons. The molecule has 82 valence electrons. The van der Waals surface area contributed by atoms with Crippen LogP contribution in [0.1, 0.15) is 43.5 Å². The zero-order valence-corrected chi connectivity index (χ0v) is 9.74. The predicted octanol–water partition coefficient (Wildman–Crippen LogP) is 2.80. The minimum atomic E-state index is 0.605. The molecule has 0 aromatic carbocycles. The van der Waals surface area contributed by atoms with Gasteiger partial charge in [-0.3, -0.25) is 9.88 Å². The Bertz CT molecular complexity index is 305. The number of hydrogen-bond donors (Lipinski definition) is 0. The lowest BCUT2D eigenvalue weighted by Crippen LogP contribution is -2.17. The standard InChI is InChI=1S/C13H20N2/c1-3-5-12-8-7-11(10-14-12)13-6-4-9-15(13)2/h7-8,10,13H,3-6,9H2,1-2H3/t13-/m0/s1. The fourth-order valence-electron chi connectivity index (χ4n) is 2.37. The van der Waals surface area contributed by atoms with Crippen LogP contribution in [-0.2, 0) is 6.42 Å². The first-order valence-corrected chi connectivity index (χ1v) is 5.96. The summed E-state index contributed by atoms with van der Waals surface area (Å²) in [5.74, 6) is 0. The van der Waals surface area contributed by atoms with E-state index in [0.717, 1.165) is 6.42 Å². The van der Waals surface area contributed by atoms with E-state index in [-0.39, 0.29) is 0 Å². The third kappa shape index (κ3) is 2.37. The maximum absolute atomic E-state index is 4.52. The molecular formula is C13H20N2. The van der Waals surface area contributed by atoms with E-state index in [0.29, 0.717) is 6.04 Å². The molecule has 1 aromatic rings. The van der Waals surface area contributed by atoms with Gasteiger partial charge < -0.3 is 0 Å². The van der Waals surface area contributed by atoms with Crippen molar-refractivity contribution < 1.29 is 0 Å². The fourth-order valence-corrected chi connectivity index (χ4v) is 2.37. The Balaban J connectivity index is 2.09. The fraction of sp³-hybridized carbons (Fsp3) is 0.615. The Kier molecular flexibility index (Phi) is 3.37. The normalized spacial score (nSPS) is 22.1. The van der Waals surface area contributed by atoms with Gasteiger partial charge in [-0.25, -0.2) is 0 Å². The number of hydrogen-bond acceptors (Lipinski definition) is 2. The summed E-state index contributed by atoms with van der Waals surface area (Å²) in [4.78, 5) is 6.95. The van der Waals surface area contributed by atoms with Crippen molar-refractivity contribution in [3.63, 3.8) is 0 Å². The zero-order valence-electron chi connectivity index (χ0n) is 9.74. The minimum Gasteiger partial charge on any atom is -0.299 e. The average molecular weight is 204 g/mol. The number of aryl methyl sites for hydroxylation is 1. The number of aromatic nitrogens is 1. The zero-order chi connectivity index (χ0) is 10.7. The molecule has 0 saturated carbocycles. The van der Waals surface area contributed by atoms with Crippen LogP contribution in [0.5, 0.6) is 0 Å². The summed E-state index contributed by atoms with van der Waals surface area (Å²) >= 11 is 0. The van der Waals surface area contributed by atoms with Crippen molar-refractivity contribution in [3.8, 4) is 0 Å². The van der Waals surface area contributed by atoms with E-state index in [1.54, 1.807) is 0 Å². The first-order valence-electron chi connectivity index (χ1n) is 5.96. The predicted molar refractivity (Wildman–Crippen MR) is 62.8 cm³/mol. The van der Waals surface area contributed by atoms with Crippen molar-refractivity contribution in [1.82, 2.24) is 9.88 Å². The molecule has 15 heavy (non-hydrogen) atoms. The highest BCUT2D eigenvalue weighted by molar-refractivity contribution is 5.18. The largest absolute Gasteiger partial charge is 0.299 e. The minimum absolute atomic E-state index is 0.605. The van der Waals surface area contributed by atoms with Gasteiger partial charge in [0, 0.05) is 17.9 Å². The van der Waals surface area contributed by atoms with E-state index in [1.165, 1.54) is 37.1 Å². The molecule has 0 N–H and O–H groups in total. The van der Waals surface area contributed by atoms with Crippen molar-refractivity contribution in [2.45, 2.75) is 38.6 Å². The Morgan fingerprint density at radius 3 is 2.87 bits per heavy atom. The lowest BCUT2D eigenvalue weighted by Gasteiger charge is -2.19. The molecular weight excluding hydrogens is 184 g/mol. The number of rotatable bonds is 3. The van der Waals surface area contributed by atoms with Crippen LogP contribution in [0.3, 0.4) is 0 Å². The molecule has 0 unspecified atom stereocenters. The molecule has 2 rings (SSSR count). The van der Waals surface area contributed by atoms with Gasteiger partial charge in [0.15, 0.2) is 0 Å². The highest BCUT2D eigenvalue weighted by Gasteiger charge is 2.22. The first-order chi connectivity index (χ1) is 7.31. The highest BCUT2D eigenvalue weighted by Crippen LogP contribution is 2.29. The van der Waals surface area contributed by atoms with Crippen LogP contribution in [0.15, 0.2) is 18.3 Å². The second kappa shape index (κ2) is 4.75. The van der Waals surface area contributed by atoms with Crippen molar-refractivity contribution >= 4 is 0 Å². The second-order valence-corrected chi connectivity index (χ2v) is 4.47. The number of pyridine rings is 1. The second-order valence-electron chi connectivity index (χ2n) is 4.47. The van der Waals surface area contributed by atoms with E-state index in [9.17, 15) is 0 Å². The maximum Gasteiger partial charge on any atom is 0.0403 e. The molecule has 1 aliphatic rings. The summed E-state index contributed by atoms with van der Waals surface area (Å²) in [5.41, 5.74) is 2.61. The van der Waals surface area contributed by atoms with Gasteiger partial charge >= 0.3 is 0 Å². The van der Waals surface area contributed by atoms with Crippen LogP contribution < -0.4 is 0 Å². The Morgan fingerprint density at radius 1 is 1.47 bits per heavy atom. The summed E-state index contributed by atoms with van der Waals surface area (Å²) in [7, 11) is 2.21. The van der Waals surface area contributed by atoms with E-state index >= 15 is 0 Å². The van der Waals surface area contributed by atoms with Crippen LogP contribution in [0.4, 0.5) is 0 Å². The van der Waals surface area contributed by atoms with E-state index < -0.39 is 0 Å². The van der Waals surface area contributed by atoms with Gasteiger partial charge in [-0.05, 0) is 44.5 Å². The van der Waals surface area contributed by atoms with Crippen molar-refractivity contribution in [2.24, 2.45) is 0 Å². The molecule has 0 amide bonds. The Labute approximate surface area is 92.3 Å². The lowest BCUT2D eigenvalue weighted by molar-refractivity contribution is 0.317. The molecule has 0 spiro atoms. The van der Waals surface area contributed by atoms with Crippen LogP contribution in [0.25, 0.3) is 0 Å². The quantitative estimate of drug-likeness (QED) is 0.752. The highest BCUT2D eigenvalue weighted by atomic mass is 15.1. The molecule has 1 atom stereocenters. The molecule has 0 bridgehead atoms. The van der Waals surface area contributed by atoms with Crippen molar-refractivity contribution in [2.75, 3.05) is 13.6 Å². The summed E-state index contributed by atoms with van der Waals surface area (Å²) in [6.45, 7) is 3.42. The molecule has 2 heteroatoms. The van der Waals surface area contributed by atoms with Crippen LogP contribution in [0, 0.1) is 0 Å². The molecule has 1 saturated heterocycles. The summed E-state index contributed by atoms with van der Waals surface area (Å²) in [5, 5.41) is 0. The average Bonchev–Trinajstić information content (AvgIpc) is 2.66. The van der Waals surface area contributed by atoms with E-state index in [1.807, 2.05) is 0 Å². The van der Waals surface area contributed by atoms with Gasteiger partial charge in [-0.2, -0.15) is 0 Å². The first kappa shape index (κ1) is 10.6. The van der Waals surface area contributed by atoms with Gasteiger partial charge in [0.2, 0.25) is 0 Å². The summed E-state index contributed by atoms with van der Waals surface area (Å²) < 4.78 is 0. The number of nitrogens with zero attached hydrogens (tertiary/aromatic N) is 2. The van der Waals surface area contributed by atoms with Crippen LogP contribution in [0.2, 0.25) is 0 Å². The SMILES string of the molecule is CCCc1ccc([C@@H]2CCCN2C)cn1. The van der Waals surface area contributed by atoms with Gasteiger partial charge in [0.1, 0.15) is 0 Å². The molecule has 1 fully saturated rings. The smallest absolute Gasteiger partial charge is 0.0403 e. The molecule has 0 aliphatic carbocycles. The monoisotopic (exact) mass is 204 g/mol. The van der Waals surface area contributed by atoms with Gasteiger partial charge in [-0.15, -0.1) is 0 Å². The summed E-state index contributed by atoms with van der Waals surface area (Å²) in [6, 6.07) is 5.04. The van der Waals surface area contributed by atoms with Crippen LogP contribution >= 0.6 is 0 Å². The van der Waals surface area contributed by atoms with E-state index in [2.05, 4.69) is 42.2 Å². The third-order valence-electron chi connectivity index (χ3n) is 3.26. The van der Waals surface area contributed by atoms with E-state index in [4.69, 9.17) is 0 Å². The third-order valence-corrected chi connectivity index (χ3v) is 3.26. The van der Waals surface area contributed by atoms with Crippen molar-refractivity contribution in [1.29, 1.82) is 0 Å². The van der Waals surface area contributed by atoms with Crippen LogP contribution in [-0.4, -0.2) is 23.5 Å². The van der Waals surface area contributed by atoms with Crippen molar-refractivity contribution in [3.05, 3.63) is 29.6 Å². The Hall–Kier alpha value is -0.890. The van der Waals surface area contributed by atoms with Gasteiger partial charge in [0.05, 0.1) is 0 Å². The Morgan fingerprint density at radius 2 is 2.33 bits per heavy atom. The molecule has 1 aromatic heterocycles. The van der Waals surface area contributed by atoms with Gasteiger partial charge in [0.25, 0.3) is 0 Å². The molecule has 1 aliphatic heterocycles. The number of likely N-dealkylation sites (tertiary alicyclic amines) is 1. The lowest BCUT2D eigenvalue weighted by atomic mass is 10.1. The van der Waals surface area contributed by atoms with Gasteiger partial charge in [-0.1, -0.05) is 19.4 Å². The molecule has 2 nitrogen and oxygen atoms in total. The molecule has 2 heterocycles.